The van der Waals surface area contributed by atoms with Crippen molar-refractivity contribution in [3.05, 3.63) is 69.2 Å². The van der Waals surface area contributed by atoms with Crippen molar-refractivity contribution < 1.29 is 14.3 Å². The van der Waals surface area contributed by atoms with Gasteiger partial charge in [0, 0.05) is 17.8 Å². The minimum Gasteiger partial charge on any atom is -0.497 e. The summed E-state index contributed by atoms with van der Waals surface area (Å²) < 4.78 is 11.6. The number of carbonyl (C=O) groups is 1. The lowest BCUT2D eigenvalue weighted by Crippen LogP contribution is -2.29. The zero-order chi connectivity index (χ0) is 18.7. The van der Waals surface area contributed by atoms with Crippen molar-refractivity contribution in [1.29, 1.82) is 0 Å². The fourth-order valence-electron chi connectivity index (χ4n) is 2.72. The maximum atomic E-state index is 13.0. The Morgan fingerprint density at radius 2 is 1.96 bits per heavy atom. The molecule has 0 atom stereocenters. The monoisotopic (exact) mass is 372 g/mol. The van der Waals surface area contributed by atoms with Crippen molar-refractivity contribution in [3.8, 4) is 5.75 Å². The molecule has 6 nitrogen and oxygen atoms in total. The van der Waals surface area contributed by atoms with Gasteiger partial charge in [0.1, 0.15) is 11.3 Å². The predicted octanol–water partition coefficient (Wildman–Crippen LogP) is 3.28. The number of benzene rings is 1. The Kier molecular flexibility index (Phi) is 5.23. The summed E-state index contributed by atoms with van der Waals surface area (Å²) in [5.41, 5.74) is 0.799. The molecule has 2 aromatic heterocycles. The Morgan fingerprint density at radius 1 is 1.23 bits per heavy atom. The van der Waals surface area contributed by atoms with E-state index in [-0.39, 0.29) is 23.7 Å². The van der Waals surface area contributed by atoms with Crippen LogP contribution in [0.4, 0.5) is 0 Å². The van der Waals surface area contributed by atoms with Crippen LogP contribution >= 0.6 is 11.6 Å². The highest BCUT2D eigenvalue weighted by atomic mass is 35.5. The first-order chi connectivity index (χ1) is 12.6. The minimum atomic E-state index is -0.739. The predicted molar refractivity (Wildman–Crippen MR) is 99.1 cm³/mol. The van der Waals surface area contributed by atoms with Crippen molar-refractivity contribution in [1.82, 2.24) is 9.55 Å². The number of hydrogen-bond acceptors (Lipinski definition) is 5. The van der Waals surface area contributed by atoms with Gasteiger partial charge < -0.3 is 14.0 Å². The number of rotatable bonds is 5. The maximum Gasteiger partial charge on any atom is 0.345 e. The summed E-state index contributed by atoms with van der Waals surface area (Å²) in [7, 11) is 1.59. The number of fused-ring (bicyclic) bond motifs is 1. The summed E-state index contributed by atoms with van der Waals surface area (Å²) in [6.45, 7) is 2.09. The quantitative estimate of drug-likeness (QED) is 0.643. The molecular formula is C19H17ClN2O4. The van der Waals surface area contributed by atoms with Gasteiger partial charge in [0.25, 0.3) is 5.56 Å². The van der Waals surface area contributed by atoms with Crippen LogP contribution in [0.3, 0.4) is 0 Å². The third-order valence-electron chi connectivity index (χ3n) is 3.98. The van der Waals surface area contributed by atoms with E-state index in [0.29, 0.717) is 10.9 Å². The third-order valence-corrected chi connectivity index (χ3v) is 4.38. The standard InChI is InChI=1S/C19H17ClN2O4/c1-3-26-19(24)16-17(20)14-10-21-9-8-15(14)22(18(16)23)11-12-4-6-13(25-2)7-5-12/h4-10H,3,11H2,1-2H3. The van der Waals surface area contributed by atoms with Gasteiger partial charge in [-0.2, -0.15) is 0 Å². The number of halogens is 1. The summed E-state index contributed by atoms with van der Waals surface area (Å²) in [5, 5.41) is 0.577. The van der Waals surface area contributed by atoms with Gasteiger partial charge in [0.05, 0.1) is 30.8 Å². The Balaban J connectivity index is 2.19. The minimum absolute atomic E-state index is 0.0579. The van der Waals surface area contributed by atoms with Crippen LogP contribution in [0.25, 0.3) is 10.9 Å². The van der Waals surface area contributed by atoms with E-state index in [1.165, 1.54) is 10.8 Å². The molecule has 3 rings (SSSR count). The van der Waals surface area contributed by atoms with Gasteiger partial charge in [-0.15, -0.1) is 0 Å². The topological polar surface area (TPSA) is 70.4 Å². The summed E-state index contributed by atoms with van der Waals surface area (Å²) in [6.07, 6.45) is 3.11. The van der Waals surface area contributed by atoms with Crippen LogP contribution in [0.15, 0.2) is 47.5 Å². The van der Waals surface area contributed by atoms with Crippen molar-refractivity contribution in [2.75, 3.05) is 13.7 Å². The molecule has 0 fully saturated rings. The highest BCUT2D eigenvalue weighted by Gasteiger charge is 2.22. The highest BCUT2D eigenvalue weighted by molar-refractivity contribution is 6.38. The Labute approximate surface area is 154 Å². The molecule has 7 heteroatoms. The smallest absolute Gasteiger partial charge is 0.345 e. The largest absolute Gasteiger partial charge is 0.497 e. The molecular weight excluding hydrogens is 356 g/mol. The first-order valence-corrected chi connectivity index (χ1v) is 8.40. The molecule has 0 N–H and O–H groups in total. The van der Waals surface area contributed by atoms with Crippen LogP contribution in [0.1, 0.15) is 22.8 Å². The molecule has 0 saturated carbocycles. The highest BCUT2D eigenvalue weighted by Crippen LogP contribution is 2.25. The van der Waals surface area contributed by atoms with E-state index in [0.717, 1.165) is 11.3 Å². The van der Waals surface area contributed by atoms with Crippen molar-refractivity contribution in [2.45, 2.75) is 13.5 Å². The SMILES string of the molecule is CCOC(=O)c1c(Cl)c2cnccc2n(Cc2ccc(OC)cc2)c1=O. The van der Waals surface area contributed by atoms with Crippen molar-refractivity contribution in [3.63, 3.8) is 0 Å². The van der Waals surface area contributed by atoms with E-state index in [4.69, 9.17) is 21.1 Å². The first-order valence-electron chi connectivity index (χ1n) is 8.02. The van der Waals surface area contributed by atoms with Crippen LogP contribution in [0.5, 0.6) is 5.75 Å². The fraction of sp³-hybridized carbons (Fsp3) is 0.211. The third kappa shape index (κ3) is 3.28. The molecule has 0 saturated heterocycles. The van der Waals surface area contributed by atoms with E-state index in [1.807, 2.05) is 24.3 Å². The molecule has 1 aromatic carbocycles. The van der Waals surface area contributed by atoms with E-state index in [2.05, 4.69) is 4.98 Å². The molecule has 0 amide bonds. The molecule has 2 heterocycles. The maximum absolute atomic E-state index is 13.0. The van der Waals surface area contributed by atoms with E-state index < -0.39 is 11.5 Å². The summed E-state index contributed by atoms with van der Waals surface area (Å²) in [5.74, 6) is -0.0183. The molecule has 0 spiro atoms. The molecule has 0 bridgehead atoms. The normalized spacial score (nSPS) is 10.7. The second-order valence-corrected chi connectivity index (χ2v) is 5.92. The number of aromatic nitrogens is 2. The molecule has 0 aliphatic rings. The van der Waals surface area contributed by atoms with E-state index in [1.54, 1.807) is 26.3 Å². The first kappa shape index (κ1) is 17.9. The molecule has 0 unspecified atom stereocenters. The van der Waals surface area contributed by atoms with Crippen LogP contribution in [0.2, 0.25) is 5.02 Å². The Morgan fingerprint density at radius 3 is 2.62 bits per heavy atom. The summed E-state index contributed by atoms with van der Waals surface area (Å²) >= 11 is 6.32. The number of nitrogens with zero attached hydrogens (tertiary/aromatic N) is 2. The second kappa shape index (κ2) is 7.58. The second-order valence-electron chi connectivity index (χ2n) is 5.54. The lowest BCUT2D eigenvalue weighted by Gasteiger charge is -2.14. The lowest BCUT2D eigenvalue weighted by atomic mass is 10.1. The van der Waals surface area contributed by atoms with Gasteiger partial charge in [-0.1, -0.05) is 23.7 Å². The van der Waals surface area contributed by atoms with Gasteiger partial charge in [0.15, 0.2) is 0 Å². The van der Waals surface area contributed by atoms with Crippen LogP contribution in [-0.2, 0) is 11.3 Å². The summed E-state index contributed by atoms with van der Waals surface area (Å²) in [4.78, 5) is 29.3. The summed E-state index contributed by atoms with van der Waals surface area (Å²) in [6, 6.07) is 9.04. The Bertz CT molecular complexity index is 1010. The molecule has 134 valence electrons. The molecule has 26 heavy (non-hydrogen) atoms. The number of hydrogen-bond donors (Lipinski definition) is 0. The average molecular weight is 373 g/mol. The molecule has 3 aromatic rings. The zero-order valence-corrected chi connectivity index (χ0v) is 15.1. The molecule has 0 radical (unpaired) electrons. The lowest BCUT2D eigenvalue weighted by molar-refractivity contribution is 0.0524. The molecule has 0 aliphatic heterocycles. The van der Waals surface area contributed by atoms with Gasteiger partial charge in [0.2, 0.25) is 0 Å². The zero-order valence-electron chi connectivity index (χ0n) is 14.4. The van der Waals surface area contributed by atoms with Gasteiger partial charge in [-0.05, 0) is 30.7 Å². The number of carbonyl (C=O) groups excluding carboxylic acids is 1. The average Bonchev–Trinajstić information content (AvgIpc) is 2.66. The van der Waals surface area contributed by atoms with Crippen molar-refractivity contribution >= 4 is 28.5 Å². The fourth-order valence-corrected chi connectivity index (χ4v) is 3.02. The number of methoxy groups -OCH3 is 1. The van der Waals surface area contributed by atoms with Crippen LogP contribution in [-0.4, -0.2) is 29.2 Å². The van der Waals surface area contributed by atoms with Gasteiger partial charge in [-0.3, -0.25) is 9.78 Å². The number of ether oxygens (including phenoxy) is 2. The van der Waals surface area contributed by atoms with Crippen LogP contribution < -0.4 is 10.3 Å². The van der Waals surface area contributed by atoms with Gasteiger partial charge in [-0.25, -0.2) is 4.79 Å². The van der Waals surface area contributed by atoms with Crippen molar-refractivity contribution in [2.24, 2.45) is 0 Å². The molecule has 0 aliphatic carbocycles. The Hall–Kier alpha value is -2.86. The number of pyridine rings is 2. The van der Waals surface area contributed by atoms with E-state index >= 15 is 0 Å². The number of esters is 1. The van der Waals surface area contributed by atoms with Gasteiger partial charge >= 0.3 is 5.97 Å². The van der Waals surface area contributed by atoms with E-state index in [9.17, 15) is 9.59 Å². The van der Waals surface area contributed by atoms with Crippen LogP contribution in [0, 0.1) is 0 Å².